The topological polar surface area (TPSA) is 95.7 Å². The lowest BCUT2D eigenvalue weighted by Crippen LogP contribution is -2.57. The average molecular weight is 372 g/mol. The number of rotatable bonds is 5. The molecule has 2 saturated heterocycles. The molecule has 4 rings (SSSR count). The van der Waals surface area contributed by atoms with Gasteiger partial charge in [-0.05, 0) is 43.6 Å². The Hall–Kier alpha value is -2.38. The number of hydrogen-bond acceptors (Lipinski definition) is 6. The summed E-state index contributed by atoms with van der Waals surface area (Å²) in [7, 11) is 0. The predicted octanol–water partition coefficient (Wildman–Crippen LogP) is 1.73. The number of aromatic nitrogens is 2. The Morgan fingerprint density at radius 1 is 1.26 bits per heavy atom. The van der Waals surface area contributed by atoms with Gasteiger partial charge in [-0.15, -0.1) is 0 Å². The van der Waals surface area contributed by atoms with Crippen LogP contribution in [0.1, 0.15) is 39.5 Å². The Labute approximate surface area is 159 Å². The zero-order valence-corrected chi connectivity index (χ0v) is 16.1. The van der Waals surface area contributed by atoms with E-state index in [2.05, 4.69) is 28.7 Å². The van der Waals surface area contributed by atoms with Gasteiger partial charge in [-0.2, -0.15) is 4.98 Å². The zero-order chi connectivity index (χ0) is 19.2. The maximum atomic E-state index is 13.3. The van der Waals surface area contributed by atoms with Crippen LogP contribution in [-0.2, 0) is 4.79 Å². The van der Waals surface area contributed by atoms with Crippen LogP contribution in [0.15, 0.2) is 12.3 Å². The number of imide groups is 1. The van der Waals surface area contributed by atoms with E-state index in [9.17, 15) is 9.59 Å². The van der Waals surface area contributed by atoms with Crippen LogP contribution in [-0.4, -0.2) is 63.4 Å². The second-order valence-electron chi connectivity index (χ2n) is 8.45. The Balaban J connectivity index is 1.55. The fourth-order valence-electron chi connectivity index (χ4n) is 4.19. The normalized spacial score (nSPS) is 22.4. The fraction of sp³-hybridized carbons (Fsp3) is 0.684. The number of amides is 3. The molecule has 146 valence electrons. The van der Waals surface area contributed by atoms with Crippen molar-refractivity contribution >= 4 is 23.7 Å². The van der Waals surface area contributed by atoms with Gasteiger partial charge in [0.25, 0.3) is 5.91 Å². The summed E-state index contributed by atoms with van der Waals surface area (Å²) < 4.78 is 0. The minimum absolute atomic E-state index is 0.00630. The van der Waals surface area contributed by atoms with Crippen molar-refractivity contribution in [1.82, 2.24) is 19.8 Å². The van der Waals surface area contributed by atoms with Crippen LogP contribution in [0.3, 0.4) is 0 Å². The largest absolute Gasteiger partial charge is 0.384 e. The number of piperidine rings is 1. The average Bonchev–Trinajstić information content (AvgIpc) is 3.44. The second-order valence-corrected chi connectivity index (χ2v) is 8.45. The summed E-state index contributed by atoms with van der Waals surface area (Å²) in [6.45, 7) is 6.63. The highest BCUT2D eigenvalue weighted by atomic mass is 16.2. The van der Waals surface area contributed by atoms with Gasteiger partial charge in [0.05, 0.1) is 0 Å². The highest BCUT2D eigenvalue weighted by molar-refractivity contribution is 6.07. The molecule has 2 aliphatic heterocycles. The summed E-state index contributed by atoms with van der Waals surface area (Å²) in [5.41, 5.74) is 5.06. The molecular formula is C19H28N6O2. The highest BCUT2D eigenvalue weighted by Crippen LogP contribution is 2.40. The van der Waals surface area contributed by atoms with Crippen molar-refractivity contribution in [3.8, 4) is 0 Å². The van der Waals surface area contributed by atoms with Crippen molar-refractivity contribution < 1.29 is 9.59 Å². The van der Waals surface area contributed by atoms with Crippen LogP contribution in [0.4, 0.5) is 16.6 Å². The van der Waals surface area contributed by atoms with Crippen LogP contribution in [0.2, 0.25) is 0 Å². The molecule has 0 bridgehead atoms. The van der Waals surface area contributed by atoms with Crippen LogP contribution in [0.25, 0.3) is 0 Å². The number of hydrogen-bond donors (Lipinski definition) is 1. The first-order valence-corrected chi connectivity index (χ1v) is 9.88. The van der Waals surface area contributed by atoms with Gasteiger partial charge in [0.15, 0.2) is 0 Å². The summed E-state index contributed by atoms with van der Waals surface area (Å²) in [4.78, 5) is 40.4. The summed E-state index contributed by atoms with van der Waals surface area (Å²) >= 11 is 0. The number of nitrogen functional groups attached to an aromatic ring is 1. The predicted molar refractivity (Wildman–Crippen MR) is 102 cm³/mol. The van der Waals surface area contributed by atoms with Crippen molar-refractivity contribution in [2.45, 2.75) is 45.1 Å². The molecule has 0 aromatic carbocycles. The van der Waals surface area contributed by atoms with Gasteiger partial charge in [-0.3, -0.25) is 9.69 Å². The van der Waals surface area contributed by atoms with Crippen molar-refractivity contribution in [2.75, 3.05) is 36.8 Å². The summed E-state index contributed by atoms with van der Waals surface area (Å²) in [5, 5.41) is 0. The Morgan fingerprint density at radius 2 is 1.96 bits per heavy atom. The molecule has 1 saturated carbocycles. The number of anilines is 2. The quantitative estimate of drug-likeness (QED) is 0.791. The summed E-state index contributed by atoms with van der Waals surface area (Å²) in [6.07, 6.45) is 5.09. The molecule has 3 heterocycles. The van der Waals surface area contributed by atoms with E-state index in [-0.39, 0.29) is 11.9 Å². The second kappa shape index (κ2) is 6.65. The SMILES string of the molecule is CC(C)CN1C(=O)N(CC2CC2)C(=O)C12CCN(c1nccc(N)n1)CC2. The van der Waals surface area contributed by atoms with E-state index in [1.54, 1.807) is 12.3 Å². The zero-order valence-electron chi connectivity index (χ0n) is 16.1. The van der Waals surface area contributed by atoms with Crippen LogP contribution in [0.5, 0.6) is 0 Å². The minimum atomic E-state index is -0.715. The third-order valence-corrected chi connectivity index (χ3v) is 5.84. The maximum Gasteiger partial charge on any atom is 0.327 e. The standard InChI is InChI=1S/C19H28N6O2/c1-13(2)11-25-18(27)24(12-14-3-4-14)16(26)19(25)6-9-23(10-7-19)17-21-8-5-15(20)22-17/h5,8,13-14H,3-4,6-7,9-12H2,1-2H3,(H2,20,21,22). The molecule has 0 unspecified atom stereocenters. The van der Waals surface area contributed by atoms with E-state index in [0.29, 0.717) is 62.6 Å². The lowest BCUT2D eigenvalue weighted by molar-refractivity contribution is -0.134. The smallest absolute Gasteiger partial charge is 0.327 e. The van der Waals surface area contributed by atoms with E-state index in [4.69, 9.17) is 5.73 Å². The molecular weight excluding hydrogens is 344 g/mol. The van der Waals surface area contributed by atoms with E-state index >= 15 is 0 Å². The number of nitrogens with two attached hydrogens (primary N) is 1. The van der Waals surface area contributed by atoms with Gasteiger partial charge in [-0.25, -0.2) is 9.78 Å². The number of carbonyl (C=O) groups excluding carboxylic acids is 2. The monoisotopic (exact) mass is 372 g/mol. The molecule has 1 aliphatic carbocycles. The Kier molecular flexibility index (Phi) is 4.44. The third kappa shape index (κ3) is 3.21. The van der Waals surface area contributed by atoms with E-state index in [1.807, 2.05) is 4.90 Å². The summed E-state index contributed by atoms with van der Waals surface area (Å²) in [6, 6.07) is 1.56. The van der Waals surface area contributed by atoms with E-state index in [0.717, 1.165) is 12.8 Å². The van der Waals surface area contributed by atoms with Gasteiger partial charge in [0, 0.05) is 32.4 Å². The molecule has 8 nitrogen and oxygen atoms in total. The van der Waals surface area contributed by atoms with Gasteiger partial charge >= 0.3 is 6.03 Å². The number of nitrogens with zero attached hydrogens (tertiary/aromatic N) is 5. The van der Waals surface area contributed by atoms with Crippen LogP contribution in [0, 0.1) is 11.8 Å². The van der Waals surface area contributed by atoms with E-state index < -0.39 is 5.54 Å². The highest BCUT2D eigenvalue weighted by Gasteiger charge is 2.58. The molecule has 1 aromatic rings. The molecule has 2 N–H and O–H groups in total. The van der Waals surface area contributed by atoms with Gasteiger partial charge in [0.1, 0.15) is 11.4 Å². The molecule has 3 fully saturated rings. The molecule has 1 spiro atoms. The Morgan fingerprint density at radius 3 is 2.56 bits per heavy atom. The van der Waals surface area contributed by atoms with E-state index in [1.165, 1.54) is 4.90 Å². The first kappa shape index (κ1) is 18.0. The molecule has 3 amide bonds. The van der Waals surface area contributed by atoms with Gasteiger partial charge in [-0.1, -0.05) is 13.8 Å². The Bertz CT molecular complexity index is 739. The molecule has 8 heteroatoms. The van der Waals surface area contributed by atoms with Crippen molar-refractivity contribution in [2.24, 2.45) is 11.8 Å². The van der Waals surface area contributed by atoms with Crippen molar-refractivity contribution in [3.05, 3.63) is 12.3 Å². The van der Waals surface area contributed by atoms with Gasteiger partial charge < -0.3 is 15.5 Å². The van der Waals surface area contributed by atoms with Crippen LogP contribution >= 0.6 is 0 Å². The number of urea groups is 1. The maximum absolute atomic E-state index is 13.3. The molecule has 1 aromatic heterocycles. The lowest BCUT2D eigenvalue weighted by Gasteiger charge is -2.42. The molecule has 3 aliphatic rings. The molecule has 27 heavy (non-hydrogen) atoms. The minimum Gasteiger partial charge on any atom is -0.384 e. The molecule has 0 atom stereocenters. The molecule has 0 radical (unpaired) electrons. The summed E-state index contributed by atoms with van der Waals surface area (Å²) in [5.74, 6) is 1.83. The first-order chi connectivity index (χ1) is 12.9. The van der Waals surface area contributed by atoms with Crippen molar-refractivity contribution in [1.29, 1.82) is 0 Å². The lowest BCUT2D eigenvalue weighted by atomic mass is 9.85. The first-order valence-electron chi connectivity index (χ1n) is 9.88. The third-order valence-electron chi connectivity index (χ3n) is 5.84. The van der Waals surface area contributed by atoms with Crippen molar-refractivity contribution in [3.63, 3.8) is 0 Å². The fourth-order valence-corrected chi connectivity index (χ4v) is 4.19. The van der Waals surface area contributed by atoms with Crippen LogP contribution < -0.4 is 10.6 Å². The van der Waals surface area contributed by atoms with Gasteiger partial charge in [0.2, 0.25) is 5.95 Å². The number of carbonyl (C=O) groups is 2.